The lowest BCUT2D eigenvalue weighted by molar-refractivity contribution is -0.144. The van der Waals surface area contributed by atoms with Gasteiger partial charge in [0, 0.05) is 18.5 Å². The molecule has 1 N–H and O–H groups in total. The highest BCUT2D eigenvalue weighted by Crippen LogP contribution is 2.34. The summed E-state index contributed by atoms with van der Waals surface area (Å²) in [4.78, 5) is 14.9. The predicted octanol–water partition coefficient (Wildman–Crippen LogP) is 2.91. The summed E-state index contributed by atoms with van der Waals surface area (Å²) in [6.45, 7) is 14.6. The van der Waals surface area contributed by atoms with Crippen LogP contribution in [-0.4, -0.2) is 37.0 Å². The third kappa shape index (κ3) is 4.20. The fourth-order valence-corrected chi connectivity index (χ4v) is 2.91. The molecule has 19 heavy (non-hydrogen) atoms. The van der Waals surface area contributed by atoms with E-state index in [1.54, 1.807) is 0 Å². The van der Waals surface area contributed by atoms with Crippen LogP contribution in [0.15, 0.2) is 0 Å². The highest BCUT2D eigenvalue weighted by Gasteiger charge is 2.39. The third-order valence-electron chi connectivity index (χ3n) is 4.77. The molecule has 0 aromatic carbocycles. The highest BCUT2D eigenvalue weighted by atomic mass is 16.2. The molecular formula is C16H32N2O. The Balaban J connectivity index is 2.70. The molecule has 0 aromatic rings. The van der Waals surface area contributed by atoms with Crippen molar-refractivity contribution in [1.29, 1.82) is 0 Å². The molecule has 3 nitrogen and oxygen atoms in total. The average molecular weight is 268 g/mol. The van der Waals surface area contributed by atoms with Crippen molar-refractivity contribution in [2.24, 2.45) is 17.3 Å². The fraction of sp³-hybridized carbons (Fsp3) is 0.938. The lowest BCUT2D eigenvalue weighted by Gasteiger charge is -2.40. The number of carbonyl (C=O) groups is 1. The van der Waals surface area contributed by atoms with Gasteiger partial charge < -0.3 is 10.2 Å². The molecule has 1 amide bonds. The number of amides is 1. The van der Waals surface area contributed by atoms with Crippen LogP contribution in [0.5, 0.6) is 0 Å². The number of piperidine rings is 1. The summed E-state index contributed by atoms with van der Waals surface area (Å²) in [5.41, 5.74) is -0.239. The van der Waals surface area contributed by atoms with Gasteiger partial charge in [0.15, 0.2) is 0 Å². The monoisotopic (exact) mass is 268 g/mol. The molecule has 0 aromatic heterocycles. The molecule has 3 heteroatoms. The van der Waals surface area contributed by atoms with Gasteiger partial charge in [0.05, 0.1) is 0 Å². The summed E-state index contributed by atoms with van der Waals surface area (Å²) >= 11 is 0. The van der Waals surface area contributed by atoms with Crippen LogP contribution in [0.25, 0.3) is 0 Å². The second-order valence-corrected chi connectivity index (χ2v) is 6.62. The van der Waals surface area contributed by atoms with Crippen LogP contribution in [0.1, 0.15) is 53.9 Å². The molecule has 0 radical (unpaired) electrons. The van der Waals surface area contributed by atoms with E-state index in [4.69, 9.17) is 0 Å². The Morgan fingerprint density at radius 3 is 2.58 bits per heavy atom. The van der Waals surface area contributed by atoms with Crippen LogP contribution in [0, 0.1) is 17.3 Å². The van der Waals surface area contributed by atoms with Crippen LogP contribution >= 0.6 is 0 Å². The van der Waals surface area contributed by atoms with Gasteiger partial charge in [0.2, 0.25) is 5.91 Å². The van der Waals surface area contributed by atoms with Crippen molar-refractivity contribution in [3.63, 3.8) is 0 Å². The van der Waals surface area contributed by atoms with Gasteiger partial charge in [-0.05, 0) is 44.7 Å². The van der Waals surface area contributed by atoms with Crippen LogP contribution in [0.2, 0.25) is 0 Å². The van der Waals surface area contributed by atoms with Crippen LogP contribution < -0.4 is 5.32 Å². The standard InChI is InChI=1S/C16H32N2O/c1-6-13(3)12-18(7-2)15(19)16(4,5)14-9-8-10-17-11-14/h13-14,17H,6-12H2,1-5H3. The zero-order chi connectivity index (χ0) is 14.5. The molecule has 2 atom stereocenters. The van der Waals surface area contributed by atoms with Crippen molar-refractivity contribution in [3.05, 3.63) is 0 Å². The van der Waals surface area contributed by atoms with Crippen molar-refractivity contribution in [3.8, 4) is 0 Å². The topological polar surface area (TPSA) is 32.3 Å². The van der Waals surface area contributed by atoms with Gasteiger partial charge in [-0.2, -0.15) is 0 Å². The normalized spacial score (nSPS) is 22.1. The van der Waals surface area contributed by atoms with E-state index < -0.39 is 0 Å². The largest absolute Gasteiger partial charge is 0.342 e. The summed E-state index contributed by atoms with van der Waals surface area (Å²) in [5.74, 6) is 1.40. The minimum Gasteiger partial charge on any atom is -0.342 e. The molecular weight excluding hydrogens is 236 g/mol. The molecule has 0 spiro atoms. The van der Waals surface area contributed by atoms with Gasteiger partial charge >= 0.3 is 0 Å². The van der Waals surface area contributed by atoms with Gasteiger partial charge in [-0.3, -0.25) is 4.79 Å². The first-order valence-corrected chi connectivity index (χ1v) is 7.93. The van der Waals surface area contributed by atoms with E-state index in [9.17, 15) is 4.79 Å². The number of carbonyl (C=O) groups excluding carboxylic acids is 1. The first-order valence-electron chi connectivity index (χ1n) is 7.93. The molecule has 1 saturated heterocycles. The Labute approximate surface area is 119 Å². The molecule has 1 rings (SSSR count). The Morgan fingerprint density at radius 1 is 1.42 bits per heavy atom. The van der Waals surface area contributed by atoms with E-state index in [2.05, 4.69) is 44.8 Å². The van der Waals surface area contributed by atoms with Crippen molar-refractivity contribution >= 4 is 5.91 Å². The first kappa shape index (κ1) is 16.5. The maximum absolute atomic E-state index is 12.8. The molecule has 0 bridgehead atoms. The summed E-state index contributed by atoms with van der Waals surface area (Å²) in [7, 11) is 0. The van der Waals surface area contributed by atoms with Crippen molar-refractivity contribution in [2.45, 2.75) is 53.9 Å². The van der Waals surface area contributed by atoms with E-state index in [1.807, 2.05) is 0 Å². The van der Waals surface area contributed by atoms with Gasteiger partial charge in [0.25, 0.3) is 0 Å². The van der Waals surface area contributed by atoms with Crippen LogP contribution in [0.3, 0.4) is 0 Å². The van der Waals surface area contributed by atoms with Crippen LogP contribution in [-0.2, 0) is 4.79 Å². The zero-order valence-electron chi connectivity index (χ0n) is 13.5. The Hall–Kier alpha value is -0.570. The number of rotatable bonds is 6. The third-order valence-corrected chi connectivity index (χ3v) is 4.77. The molecule has 0 aliphatic carbocycles. The van der Waals surface area contributed by atoms with Crippen LogP contribution in [0.4, 0.5) is 0 Å². The Bertz CT molecular complexity index is 282. The molecule has 1 aliphatic heterocycles. The highest BCUT2D eigenvalue weighted by molar-refractivity contribution is 5.82. The summed E-state index contributed by atoms with van der Waals surface area (Å²) < 4.78 is 0. The quantitative estimate of drug-likeness (QED) is 0.803. The Kier molecular flexibility index (Phi) is 6.31. The predicted molar refractivity (Wildman–Crippen MR) is 81.1 cm³/mol. The fourth-order valence-electron chi connectivity index (χ4n) is 2.91. The molecule has 1 fully saturated rings. The molecule has 0 saturated carbocycles. The number of nitrogens with zero attached hydrogens (tertiary/aromatic N) is 1. The summed E-state index contributed by atoms with van der Waals surface area (Å²) in [6, 6.07) is 0. The number of hydrogen-bond donors (Lipinski definition) is 1. The lowest BCUT2D eigenvalue weighted by atomic mass is 9.74. The van der Waals surface area contributed by atoms with E-state index in [0.29, 0.717) is 17.7 Å². The second-order valence-electron chi connectivity index (χ2n) is 6.62. The average Bonchev–Trinajstić information content (AvgIpc) is 2.44. The minimum absolute atomic E-state index is 0.239. The van der Waals surface area contributed by atoms with Gasteiger partial charge in [0.1, 0.15) is 0 Å². The van der Waals surface area contributed by atoms with Gasteiger partial charge in [-0.25, -0.2) is 0 Å². The van der Waals surface area contributed by atoms with E-state index in [1.165, 1.54) is 12.8 Å². The lowest BCUT2D eigenvalue weighted by Crippen LogP contribution is -2.49. The Morgan fingerprint density at radius 2 is 2.11 bits per heavy atom. The maximum Gasteiger partial charge on any atom is 0.228 e. The van der Waals surface area contributed by atoms with E-state index in [0.717, 1.165) is 32.6 Å². The minimum atomic E-state index is -0.239. The molecule has 2 unspecified atom stereocenters. The summed E-state index contributed by atoms with van der Waals surface area (Å²) in [6.07, 6.45) is 3.50. The SMILES string of the molecule is CCC(C)CN(CC)C(=O)C(C)(C)C1CCCNC1. The van der Waals surface area contributed by atoms with Gasteiger partial charge in [-0.1, -0.05) is 34.1 Å². The number of nitrogens with one attached hydrogen (secondary N) is 1. The number of hydrogen-bond acceptors (Lipinski definition) is 2. The first-order chi connectivity index (χ1) is 8.93. The van der Waals surface area contributed by atoms with E-state index in [-0.39, 0.29) is 5.41 Å². The molecule has 1 aliphatic rings. The zero-order valence-corrected chi connectivity index (χ0v) is 13.5. The molecule has 1 heterocycles. The van der Waals surface area contributed by atoms with Gasteiger partial charge in [-0.15, -0.1) is 0 Å². The van der Waals surface area contributed by atoms with Crippen molar-refractivity contribution in [2.75, 3.05) is 26.2 Å². The second kappa shape index (κ2) is 7.28. The molecule has 112 valence electrons. The van der Waals surface area contributed by atoms with E-state index >= 15 is 0 Å². The van der Waals surface area contributed by atoms with Crippen molar-refractivity contribution < 1.29 is 4.79 Å². The smallest absolute Gasteiger partial charge is 0.228 e. The van der Waals surface area contributed by atoms with Crippen molar-refractivity contribution in [1.82, 2.24) is 10.2 Å². The maximum atomic E-state index is 12.8. The summed E-state index contributed by atoms with van der Waals surface area (Å²) in [5, 5.41) is 3.43.